The Bertz CT molecular complexity index is 743. The van der Waals surface area contributed by atoms with E-state index < -0.39 is 5.97 Å². The van der Waals surface area contributed by atoms with Gasteiger partial charge in [0.05, 0.1) is 7.11 Å². The predicted molar refractivity (Wildman–Crippen MR) is 92.8 cm³/mol. The van der Waals surface area contributed by atoms with Crippen LogP contribution in [0.1, 0.15) is 44.6 Å². The lowest BCUT2D eigenvalue weighted by atomic mass is 9.94. The topological polar surface area (TPSA) is 46.6 Å². The molecule has 1 aromatic rings. The lowest BCUT2D eigenvalue weighted by Gasteiger charge is -2.32. The maximum Gasteiger partial charge on any atom is 0.355 e. The van der Waals surface area contributed by atoms with Crippen LogP contribution in [0, 0.1) is 5.82 Å². The monoisotopic (exact) mass is 343 g/mol. The summed E-state index contributed by atoms with van der Waals surface area (Å²) in [5.74, 6) is -0.987. The van der Waals surface area contributed by atoms with Crippen molar-refractivity contribution in [2.75, 3.05) is 7.11 Å². The first kappa shape index (κ1) is 17.4. The molecule has 0 unspecified atom stereocenters. The van der Waals surface area contributed by atoms with Crippen LogP contribution in [0.4, 0.5) is 4.39 Å². The number of rotatable bonds is 3. The highest BCUT2D eigenvalue weighted by molar-refractivity contribution is 6.12. The molecule has 0 aromatic heterocycles. The fraction of sp³-hybridized carbons (Fsp3) is 0.400. The zero-order valence-corrected chi connectivity index (χ0v) is 14.5. The number of benzene rings is 1. The number of hydrogen-bond acceptors (Lipinski definition) is 3. The summed E-state index contributed by atoms with van der Waals surface area (Å²) in [6, 6.07) is 5.97. The van der Waals surface area contributed by atoms with Crippen molar-refractivity contribution in [3.8, 4) is 0 Å². The van der Waals surface area contributed by atoms with E-state index in [0.717, 1.165) is 37.7 Å². The molecule has 1 aliphatic carbocycles. The minimum absolute atomic E-state index is 0.0319. The van der Waals surface area contributed by atoms with E-state index in [-0.39, 0.29) is 17.8 Å². The summed E-state index contributed by atoms with van der Waals surface area (Å²) in [6.45, 7) is 1.77. The Balaban J connectivity index is 2.01. The SMILES string of the molecule is COC(=O)C1=C(C)C(=Cc2ccc(F)cc2)C(=O)N1C1CCCCC1. The van der Waals surface area contributed by atoms with E-state index in [1.54, 1.807) is 30.0 Å². The van der Waals surface area contributed by atoms with Gasteiger partial charge in [0.25, 0.3) is 5.91 Å². The molecular formula is C20H22FNO3. The van der Waals surface area contributed by atoms with Gasteiger partial charge in [-0.3, -0.25) is 9.69 Å². The van der Waals surface area contributed by atoms with Crippen LogP contribution >= 0.6 is 0 Å². The van der Waals surface area contributed by atoms with Gasteiger partial charge in [-0.2, -0.15) is 0 Å². The summed E-state index contributed by atoms with van der Waals surface area (Å²) in [4.78, 5) is 27.0. The maximum absolute atomic E-state index is 13.1. The second-order valence-corrected chi connectivity index (χ2v) is 6.54. The van der Waals surface area contributed by atoms with Crippen LogP contribution in [0.5, 0.6) is 0 Å². The molecule has 0 atom stereocenters. The third-order valence-corrected chi connectivity index (χ3v) is 4.95. The van der Waals surface area contributed by atoms with Gasteiger partial charge in [0.1, 0.15) is 11.5 Å². The number of nitrogens with zero attached hydrogens (tertiary/aromatic N) is 1. The number of carbonyl (C=O) groups is 2. The number of amides is 1. The second kappa shape index (κ2) is 7.21. The molecule has 0 N–H and O–H groups in total. The summed E-state index contributed by atoms with van der Waals surface area (Å²) < 4.78 is 18.0. The van der Waals surface area contributed by atoms with E-state index in [1.165, 1.54) is 19.2 Å². The predicted octanol–water partition coefficient (Wildman–Crippen LogP) is 3.83. The van der Waals surface area contributed by atoms with Crippen molar-refractivity contribution in [1.82, 2.24) is 4.90 Å². The average Bonchev–Trinajstić information content (AvgIpc) is 2.88. The number of ether oxygens (including phenoxy) is 1. The molecule has 1 amide bonds. The standard InChI is InChI=1S/C20H22FNO3/c1-13-17(12-14-8-10-15(21)11-9-14)19(23)22(18(13)20(24)25-2)16-6-4-3-5-7-16/h8-12,16H,3-7H2,1-2H3. The first-order chi connectivity index (χ1) is 12.0. The van der Waals surface area contributed by atoms with Crippen molar-refractivity contribution in [2.45, 2.75) is 45.1 Å². The minimum Gasteiger partial charge on any atom is -0.464 e. The summed E-state index contributed by atoms with van der Waals surface area (Å²) in [5, 5.41) is 0. The first-order valence-corrected chi connectivity index (χ1v) is 8.63. The van der Waals surface area contributed by atoms with Crippen molar-refractivity contribution in [3.05, 3.63) is 52.5 Å². The van der Waals surface area contributed by atoms with Crippen molar-refractivity contribution < 1.29 is 18.7 Å². The van der Waals surface area contributed by atoms with E-state index in [0.29, 0.717) is 16.8 Å². The molecule has 1 saturated carbocycles. The Morgan fingerprint density at radius 3 is 2.44 bits per heavy atom. The quantitative estimate of drug-likeness (QED) is 0.619. The molecule has 25 heavy (non-hydrogen) atoms. The fourth-order valence-corrected chi connectivity index (χ4v) is 3.63. The Kier molecular flexibility index (Phi) is 5.02. The fourth-order valence-electron chi connectivity index (χ4n) is 3.63. The molecule has 1 aliphatic heterocycles. The Hall–Kier alpha value is -2.43. The Morgan fingerprint density at radius 1 is 1.20 bits per heavy atom. The van der Waals surface area contributed by atoms with Crippen molar-refractivity contribution in [3.63, 3.8) is 0 Å². The molecule has 132 valence electrons. The van der Waals surface area contributed by atoms with E-state index in [9.17, 15) is 14.0 Å². The first-order valence-electron chi connectivity index (χ1n) is 8.63. The minimum atomic E-state index is -0.487. The highest BCUT2D eigenvalue weighted by atomic mass is 19.1. The third-order valence-electron chi connectivity index (χ3n) is 4.95. The summed E-state index contributed by atoms with van der Waals surface area (Å²) in [5.41, 5.74) is 2.15. The normalized spacial score (nSPS) is 20.5. The number of halogens is 1. The second-order valence-electron chi connectivity index (χ2n) is 6.54. The van der Waals surface area contributed by atoms with Gasteiger partial charge in [-0.15, -0.1) is 0 Å². The highest BCUT2D eigenvalue weighted by Crippen LogP contribution is 2.36. The van der Waals surface area contributed by atoms with Gasteiger partial charge in [0, 0.05) is 11.6 Å². The van der Waals surface area contributed by atoms with Crippen LogP contribution < -0.4 is 0 Å². The summed E-state index contributed by atoms with van der Waals surface area (Å²) >= 11 is 0. The van der Waals surface area contributed by atoms with Gasteiger partial charge in [-0.1, -0.05) is 31.4 Å². The van der Waals surface area contributed by atoms with Gasteiger partial charge in [0.2, 0.25) is 0 Å². The van der Waals surface area contributed by atoms with Crippen molar-refractivity contribution >= 4 is 18.0 Å². The largest absolute Gasteiger partial charge is 0.464 e. The number of esters is 1. The van der Waals surface area contributed by atoms with Crippen LogP contribution in [-0.2, 0) is 14.3 Å². The molecule has 0 saturated heterocycles. The Morgan fingerprint density at radius 2 is 1.84 bits per heavy atom. The van der Waals surface area contributed by atoms with Crippen LogP contribution in [0.15, 0.2) is 41.1 Å². The van der Waals surface area contributed by atoms with Gasteiger partial charge in [-0.05, 0) is 49.1 Å². The molecule has 0 spiro atoms. The molecule has 1 fully saturated rings. The third kappa shape index (κ3) is 3.36. The van der Waals surface area contributed by atoms with E-state index in [4.69, 9.17) is 4.74 Å². The molecular weight excluding hydrogens is 321 g/mol. The summed E-state index contributed by atoms with van der Waals surface area (Å²) in [6.07, 6.45) is 6.76. The maximum atomic E-state index is 13.1. The van der Waals surface area contributed by atoms with Crippen molar-refractivity contribution in [2.24, 2.45) is 0 Å². The molecule has 3 rings (SSSR count). The zero-order valence-electron chi connectivity index (χ0n) is 14.5. The van der Waals surface area contributed by atoms with Crippen LogP contribution in [0.25, 0.3) is 6.08 Å². The molecule has 5 heteroatoms. The van der Waals surface area contributed by atoms with Gasteiger partial charge >= 0.3 is 5.97 Å². The number of methoxy groups -OCH3 is 1. The van der Waals surface area contributed by atoms with Crippen LogP contribution in [-0.4, -0.2) is 29.9 Å². The van der Waals surface area contributed by atoms with Gasteiger partial charge in [0.15, 0.2) is 0 Å². The van der Waals surface area contributed by atoms with Crippen LogP contribution in [0.2, 0.25) is 0 Å². The molecule has 2 aliphatic rings. The number of hydrogen-bond donors (Lipinski definition) is 0. The van der Waals surface area contributed by atoms with E-state index in [2.05, 4.69) is 0 Å². The number of carbonyl (C=O) groups excluding carboxylic acids is 2. The molecule has 4 nitrogen and oxygen atoms in total. The smallest absolute Gasteiger partial charge is 0.355 e. The average molecular weight is 343 g/mol. The van der Waals surface area contributed by atoms with Gasteiger partial charge < -0.3 is 4.74 Å². The molecule has 1 heterocycles. The van der Waals surface area contributed by atoms with Crippen molar-refractivity contribution in [1.29, 1.82) is 0 Å². The van der Waals surface area contributed by atoms with Crippen LogP contribution in [0.3, 0.4) is 0 Å². The van der Waals surface area contributed by atoms with E-state index in [1.807, 2.05) is 0 Å². The Labute approximate surface area is 147 Å². The lowest BCUT2D eigenvalue weighted by Crippen LogP contribution is -2.40. The summed E-state index contributed by atoms with van der Waals surface area (Å²) in [7, 11) is 1.33. The highest BCUT2D eigenvalue weighted by Gasteiger charge is 2.41. The zero-order chi connectivity index (χ0) is 18.0. The van der Waals surface area contributed by atoms with E-state index >= 15 is 0 Å². The molecule has 0 bridgehead atoms. The van der Waals surface area contributed by atoms with Gasteiger partial charge in [-0.25, -0.2) is 9.18 Å². The molecule has 0 radical (unpaired) electrons. The lowest BCUT2D eigenvalue weighted by molar-refractivity contribution is -0.141. The molecule has 1 aromatic carbocycles.